The van der Waals surface area contributed by atoms with Gasteiger partial charge < -0.3 is 9.84 Å². The zero-order chi connectivity index (χ0) is 10.3. The molecule has 0 aliphatic carbocycles. The Morgan fingerprint density at radius 2 is 2.00 bits per heavy atom. The first-order valence-corrected chi connectivity index (χ1v) is 4.51. The van der Waals surface area contributed by atoms with Crippen LogP contribution in [0.2, 0.25) is 0 Å². The van der Waals surface area contributed by atoms with Gasteiger partial charge in [0.15, 0.2) is 0 Å². The molecule has 4 heteroatoms. The lowest BCUT2D eigenvalue weighted by molar-refractivity contribution is -0.150. The molecule has 4 nitrogen and oxygen atoms in total. The van der Waals surface area contributed by atoms with Gasteiger partial charge in [-0.05, 0) is 12.8 Å². The van der Waals surface area contributed by atoms with Gasteiger partial charge in [-0.3, -0.25) is 9.59 Å². The Morgan fingerprint density at radius 3 is 2.38 bits per heavy atom. The Labute approximate surface area is 77.9 Å². The van der Waals surface area contributed by atoms with Crippen molar-refractivity contribution >= 4 is 11.9 Å². The number of hydrogen-bond acceptors (Lipinski definition) is 3. The van der Waals surface area contributed by atoms with Crippen molar-refractivity contribution in [2.75, 3.05) is 0 Å². The molecule has 0 radical (unpaired) electrons. The van der Waals surface area contributed by atoms with Gasteiger partial charge in [0.2, 0.25) is 0 Å². The topological polar surface area (TPSA) is 63.6 Å². The van der Waals surface area contributed by atoms with Crippen molar-refractivity contribution in [1.29, 1.82) is 0 Å². The average molecular weight is 188 g/mol. The fourth-order valence-corrected chi connectivity index (χ4v) is 0.900. The minimum Gasteiger partial charge on any atom is -0.481 e. The average Bonchev–Trinajstić information content (AvgIpc) is 2.11. The van der Waals surface area contributed by atoms with E-state index in [2.05, 4.69) is 0 Å². The molecule has 0 saturated carbocycles. The Bertz CT molecular complexity index is 176. The molecule has 0 bridgehead atoms. The lowest BCUT2D eigenvalue weighted by Crippen LogP contribution is -2.17. The van der Waals surface area contributed by atoms with Crippen LogP contribution in [0.1, 0.15) is 39.5 Å². The number of rotatable bonds is 6. The van der Waals surface area contributed by atoms with E-state index < -0.39 is 5.97 Å². The number of carbonyl (C=O) groups excluding carboxylic acids is 1. The molecule has 0 aliphatic rings. The molecule has 0 heterocycles. The van der Waals surface area contributed by atoms with E-state index >= 15 is 0 Å². The van der Waals surface area contributed by atoms with Crippen molar-refractivity contribution in [1.82, 2.24) is 0 Å². The highest BCUT2D eigenvalue weighted by Gasteiger charge is 2.12. The molecular weight excluding hydrogens is 172 g/mol. The standard InChI is InChI=1S/C9H16O4/c1-3-7(5-6-8(10)11)13-9(12)4-2/h7H,3-6H2,1-2H3,(H,10,11)/t7-/m1/s1. The van der Waals surface area contributed by atoms with E-state index in [0.717, 1.165) is 0 Å². The summed E-state index contributed by atoms with van der Waals surface area (Å²) in [5.41, 5.74) is 0. The van der Waals surface area contributed by atoms with Gasteiger partial charge in [0.1, 0.15) is 6.10 Å². The minimum atomic E-state index is -0.856. The van der Waals surface area contributed by atoms with Gasteiger partial charge >= 0.3 is 11.9 Å². The Kier molecular flexibility index (Phi) is 5.93. The lowest BCUT2D eigenvalue weighted by atomic mass is 10.1. The molecule has 0 aliphatic heterocycles. The van der Waals surface area contributed by atoms with Gasteiger partial charge in [0.05, 0.1) is 0 Å². The molecule has 0 aromatic heterocycles. The van der Waals surface area contributed by atoms with Crippen molar-refractivity contribution in [2.24, 2.45) is 0 Å². The van der Waals surface area contributed by atoms with E-state index in [1.807, 2.05) is 6.92 Å². The molecule has 1 N–H and O–H groups in total. The third-order valence-electron chi connectivity index (χ3n) is 1.72. The molecular formula is C9H16O4. The van der Waals surface area contributed by atoms with Crippen molar-refractivity contribution in [3.05, 3.63) is 0 Å². The molecule has 1 atom stereocenters. The zero-order valence-electron chi connectivity index (χ0n) is 8.08. The van der Waals surface area contributed by atoms with E-state index in [1.54, 1.807) is 6.92 Å². The Morgan fingerprint density at radius 1 is 1.38 bits per heavy atom. The fourth-order valence-electron chi connectivity index (χ4n) is 0.900. The number of esters is 1. The molecule has 0 fully saturated rings. The van der Waals surface area contributed by atoms with Gasteiger partial charge in [0, 0.05) is 12.8 Å². The van der Waals surface area contributed by atoms with Crippen molar-refractivity contribution in [3.63, 3.8) is 0 Å². The molecule has 0 aromatic carbocycles. The monoisotopic (exact) mass is 188 g/mol. The van der Waals surface area contributed by atoms with Crippen LogP contribution in [0.4, 0.5) is 0 Å². The predicted molar refractivity (Wildman–Crippen MR) is 47.3 cm³/mol. The van der Waals surface area contributed by atoms with Gasteiger partial charge in [-0.25, -0.2) is 0 Å². The smallest absolute Gasteiger partial charge is 0.305 e. The molecule has 76 valence electrons. The van der Waals surface area contributed by atoms with E-state index in [1.165, 1.54) is 0 Å². The number of carbonyl (C=O) groups is 2. The summed E-state index contributed by atoms with van der Waals surface area (Å²) in [6, 6.07) is 0. The maximum absolute atomic E-state index is 10.9. The molecule has 0 spiro atoms. The van der Waals surface area contributed by atoms with E-state index in [9.17, 15) is 9.59 Å². The molecule has 0 aromatic rings. The third kappa shape index (κ3) is 6.13. The van der Waals surface area contributed by atoms with E-state index in [-0.39, 0.29) is 18.5 Å². The van der Waals surface area contributed by atoms with Crippen LogP contribution in [0.15, 0.2) is 0 Å². The third-order valence-corrected chi connectivity index (χ3v) is 1.72. The van der Waals surface area contributed by atoms with Gasteiger partial charge in [-0.2, -0.15) is 0 Å². The van der Waals surface area contributed by atoms with Crippen LogP contribution < -0.4 is 0 Å². The van der Waals surface area contributed by atoms with E-state index in [0.29, 0.717) is 19.3 Å². The van der Waals surface area contributed by atoms with Gasteiger partial charge in [-0.15, -0.1) is 0 Å². The summed E-state index contributed by atoms with van der Waals surface area (Å²) < 4.78 is 5.00. The first kappa shape index (κ1) is 11.9. The SMILES string of the molecule is CCC(=O)O[C@H](CC)CCC(=O)O. The summed E-state index contributed by atoms with van der Waals surface area (Å²) in [6.45, 7) is 3.59. The predicted octanol–water partition coefficient (Wildman–Crippen LogP) is 1.58. The summed E-state index contributed by atoms with van der Waals surface area (Å²) in [6.07, 6.45) is 1.21. The number of carboxylic acid groups (broad SMARTS) is 1. The van der Waals surface area contributed by atoms with Crippen LogP contribution in [0.25, 0.3) is 0 Å². The molecule has 0 saturated heterocycles. The maximum atomic E-state index is 10.9. The molecule has 0 rings (SSSR count). The Balaban J connectivity index is 3.75. The summed E-state index contributed by atoms with van der Waals surface area (Å²) in [4.78, 5) is 21.1. The number of ether oxygens (including phenoxy) is 1. The highest BCUT2D eigenvalue weighted by Crippen LogP contribution is 2.07. The summed E-state index contributed by atoms with van der Waals surface area (Å²) in [5.74, 6) is -1.12. The van der Waals surface area contributed by atoms with Crippen molar-refractivity contribution in [3.8, 4) is 0 Å². The second kappa shape index (κ2) is 6.46. The zero-order valence-corrected chi connectivity index (χ0v) is 8.08. The van der Waals surface area contributed by atoms with E-state index in [4.69, 9.17) is 9.84 Å². The van der Waals surface area contributed by atoms with Crippen LogP contribution in [0.3, 0.4) is 0 Å². The molecule has 0 amide bonds. The quantitative estimate of drug-likeness (QED) is 0.643. The van der Waals surface area contributed by atoms with Crippen LogP contribution >= 0.6 is 0 Å². The highest BCUT2D eigenvalue weighted by molar-refractivity contribution is 5.69. The fraction of sp³-hybridized carbons (Fsp3) is 0.778. The van der Waals surface area contributed by atoms with Crippen LogP contribution in [-0.2, 0) is 14.3 Å². The molecule has 13 heavy (non-hydrogen) atoms. The normalized spacial score (nSPS) is 12.2. The van der Waals surface area contributed by atoms with Crippen LogP contribution in [0, 0.1) is 0 Å². The summed E-state index contributed by atoms with van der Waals surface area (Å²) in [7, 11) is 0. The first-order valence-electron chi connectivity index (χ1n) is 4.51. The Hall–Kier alpha value is -1.06. The second-order valence-electron chi connectivity index (χ2n) is 2.81. The molecule has 0 unspecified atom stereocenters. The van der Waals surface area contributed by atoms with Gasteiger partial charge in [0.25, 0.3) is 0 Å². The largest absolute Gasteiger partial charge is 0.481 e. The second-order valence-corrected chi connectivity index (χ2v) is 2.81. The van der Waals surface area contributed by atoms with Crippen molar-refractivity contribution < 1.29 is 19.4 Å². The van der Waals surface area contributed by atoms with Gasteiger partial charge in [-0.1, -0.05) is 13.8 Å². The lowest BCUT2D eigenvalue weighted by Gasteiger charge is -2.14. The van der Waals surface area contributed by atoms with Crippen LogP contribution in [-0.4, -0.2) is 23.1 Å². The highest BCUT2D eigenvalue weighted by atomic mass is 16.5. The summed E-state index contributed by atoms with van der Waals surface area (Å²) in [5, 5.41) is 8.41. The number of hydrogen-bond donors (Lipinski definition) is 1. The number of carboxylic acids is 1. The summed E-state index contributed by atoms with van der Waals surface area (Å²) >= 11 is 0. The number of aliphatic carboxylic acids is 1. The van der Waals surface area contributed by atoms with Crippen molar-refractivity contribution in [2.45, 2.75) is 45.6 Å². The van der Waals surface area contributed by atoms with Crippen LogP contribution in [0.5, 0.6) is 0 Å². The minimum absolute atomic E-state index is 0.0511. The first-order chi connectivity index (χ1) is 6.10. The maximum Gasteiger partial charge on any atom is 0.305 e.